The number of alkyl halides is 3. The van der Waals surface area contributed by atoms with Gasteiger partial charge in [-0.15, -0.1) is 0 Å². The van der Waals surface area contributed by atoms with Crippen LogP contribution in [0.2, 0.25) is 10.0 Å². The van der Waals surface area contributed by atoms with Gasteiger partial charge in [0.1, 0.15) is 0 Å². The average Bonchev–Trinajstić information content (AvgIpc) is 2.42. The molecule has 0 unspecified atom stereocenters. The fourth-order valence-corrected chi connectivity index (χ4v) is 2.45. The topological polar surface area (TPSA) is 50.2 Å². The summed E-state index contributed by atoms with van der Waals surface area (Å²) in [5.74, 6) is -1.16. The maximum Gasteiger partial charge on any atom is 0.416 e. The lowest BCUT2D eigenvalue weighted by Gasteiger charge is -2.12. The van der Waals surface area contributed by atoms with Crippen molar-refractivity contribution in [2.24, 2.45) is 0 Å². The molecule has 8 heteroatoms. The van der Waals surface area contributed by atoms with E-state index in [1.54, 1.807) is 0 Å². The van der Waals surface area contributed by atoms with Gasteiger partial charge in [-0.1, -0.05) is 35.3 Å². The largest absolute Gasteiger partial charge is 0.481 e. The quantitative estimate of drug-likeness (QED) is 0.873. The van der Waals surface area contributed by atoms with Crippen LogP contribution in [-0.2, 0) is 17.4 Å². The van der Waals surface area contributed by atoms with Gasteiger partial charge in [0.25, 0.3) is 0 Å². The van der Waals surface area contributed by atoms with E-state index in [2.05, 4.69) is 4.98 Å². The first kappa shape index (κ1) is 16.6. The number of pyridine rings is 1. The molecule has 1 N–H and O–H groups in total. The third kappa shape index (κ3) is 3.51. The molecule has 0 aliphatic heterocycles. The van der Waals surface area contributed by atoms with Gasteiger partial charge in [-0.05, 0) is 12.1 Å². The Bertz CT molecular complexity index is 733. The fraction of sp³-hybridized carbons (Fsp3) is 0.143. The van der Waals surface area contributed by atoms with Crippen LogP contribution in [0, 0.1) is 0 Å². The van der Waals surface area contributed by atoms with Gasteiger partial charge in [-0.2, -0.15) is 13.2 Å². The molecule has 0 aliphatic rings. The van der Waals surface area contributed by atoms with Crippen molar-refractivity contribution >= 4 is 29.2 Å². The SMILES string of the molecule is O=C(O)Cc1c(Cl)cnc(-c2cccc(C(F)(F)F)c2)c1Cl. The molecule has 0 spiro atoms. The number of carbonyl (C=O) groups is 1. The van der Waals surface area contributed by atoms with Crippen molar-refractivity contribution in [3.63, 3.8) is 0 Å². The monoisotopic (exact) mass is 349 g/mol. The number of rotatable bonds is 3. The smallest absolute Gasteiger partial charge is 0.416 e. The zero-order valence-electron chi connectivity index (χ0n) is 10.8. The van der Waals surface area contributed by atoms with Gasteiger partial charge in [-0.25, -0.2) is 0 Å². The van der Waals surface area contributed by atoms with Crippen LogP contribution in [0.25, 0.3) is 11.3 Å². The van der Waals surface area contributed by atoms with Gasteiger partial charge < -0.3 is 5.11 Å². The fourth-order valence-electron chi connectivity index (χ4n) is 1.86. The Morgan fingerprint density at radius 2 is 1.95 bits per heavy atom. The van der Waals surface area contributed by atoms with Gasteiger partial charge in [0.05, 0.1) is 27.7 Å². The molecule has 0 bridgehead atoms. The van der Waals surface area contributed by atoms with Crippen LogP contribution in [0.5, 0.6) is 0 Å². The Morgan fingerprint density at radius 1 is 1.27 bits per heavy atom. The molecule has 1 heterocycles. The second-order valence-corrected chi connectivity index (χ2v) is 5.18. The van der Waals surface area contributed by atoms with Gasteiger partial charge in [0, 0.05) is 17.3 Å². The Hall–Kier alpha value is -1.79. The molecule has 2 rings (SSSR count). The molecule has 0 fully saturated rings. The van der Waals surface area contributed by atoms with Crippen molar-refractivity contribution in [3.05, 3.63) is 51.6 Å². The number of hydrogen-bond donors (Lipinski definition) is 1. The normalized spacial score (nSPS) is 11.5. The minimum Gasteiger partial charge on any atom is -0.481 e. The summed E-state index contributed by atoms with van der Waals surface area (Å²) >= 11 is 11.9. The second kappa shape index (κ2) is 6.14. The summed E-state index contributed by atoms with van der Waals surface area (Å²) in [5.41, 5.74) is -0.563. The highest BCUT2D eigenvalue weighted by Gasteiger charge is 2.30. The van der Waals surface area contributed by atoms with E-state index in [0.29, 0.717) is 0 Å². The zero-order chi connectivity index (χ0) is 16.5. The van der Waals surface area contributed by atoms with E-state index in [-0.39, 0.29) is 26.9 Å². The van der Waals surface area contributed by atoms with Crippen LogP contribution in [0.3, 0.4) is 0 Å². The first-order chi connectivity index (χ1) is 10.2. The van der Waals surface area contributed by atoms with Gasteiger partial charge >= 0.3 is 12.1 Å². The molecule has 0 aliphatic carbocycles. The molecule has 1 aromatic carbocycles. The summed E-state index contributed by atoms with van der Waals surface area (Å²) in [7, 11) is 0. The van der Waals surface area contributed by atoms with E-state index >= 15 is 0 Å². The minimum atomic E-state index is -4.50. The van der Waals surface area contributed by atoms with E-state index in [0.717, 1.165) is 12.1 Å². The molecule has 3 nitrogen and oxygen atoms in total. The zero-order valence-corrected chi connectivity index (χ0v) is 12.3. The summed E-state index contributed by atoms with van der Waals surface area (Å²) in [6.07, 6.45) is -3.79. The molecule has 0 radical (unpaired) electrons. The number of hydrogen-bond acceptors (Lipinski definition) is 2. The Balaban J connectivity index is 2.56. The molecule has 22 heavy (non-hydrogen) atoms. The van der Waals surface area contributed by atoms with Crippen molar-refractivity contribution < 1.29 is 23.1 Å². The predicted molar refractivity (Wildman–Crippen MR) is 76.0 cm³/mol. The average molecular weight is 350 g/mol. The standard InChI is InChI=1S/C14H8Cl2F3NO2/c15-10-6-20-13(12(16)9(10)5-11(21)22)7-2-1-3-8(4-7)14(17,18)19/h1-4,6H,5H2,(H,21,22). The highest BCUT2D eigenvalue weighted by molar-refractivity contribution is 6.37. The number of halogens is 5. The third-order valence-electron chi connectivity index (χ3n) is 2.86. The third-order valence-corrected chi connectivity index (χ3v) is 3.59. The molecule has 0 saturated heterocycles. The Morgan fingerprint density at radius 3 is 2.55 bits per heavy atom. The molecular weight excluding hydrogens is 342 g/mol. The van der Waals surface area contributed by atoms with Crippen LogP contribution in [0.15, 0.2) is 30.5 Å². The molecule has 2 aromatic rings. The maximum absolute atomic E-state index is 12.7. The van der Waals surface area contributed by atoms with Crippen LogP contribution in [0.1, 0.15) is 11.1 Å². The molecule has 0 atom stereocenters. The van der Waals surface area contributed by atoms with E-state index in [1.165, 1.54) is 18.3 Å². The Kier molecular flexibility index (Phi) is 4.63. The van der Waals surface area contributed by atoms with Crippen molar-refractivity contribution in [1.29, 1.82) is 0 Å². The molecule has 0 amide bonds. The lowest BCUT2D eigenvalue weighted by molar-refractivity contribution is -0.138. The number of benzene rings is 1. The van der Waals surface area contributed by atoms with Crippen LogP contribution in [-0.4, -0.2) is 16.1 Å². The molecule has 116 valence electrons. The number of aromatic nitrogens is 1. The lowest BCUT2D eigenvalue weighted by atomic mass is 10.0. The molecule has 1 aromatic heterocycles. The number of carboxylic acids is 1. The number of carboxylic acid groups (broad SMARTS) is 1. The summed E-state index contributed by atoms with van der Waals surface area (Å²) in [5, 5.41) is 8.81. The predicted octanol–water partition coefficient (Wildman–Crippen LogP) is 4.70. The highest BCUT2D eigenvalue weighted by Crippen LogP contribution is 2.36. The molecule has 0 saturated carbocycles. The second-order valence-electron chi connectivity index (χ2n) is 4.40. The van der Waals surface area contributed by atoms with Crippen LogP contribution in [0.4, 0.5) is 13.2 Å². The first-order valence-corrected chi connectivity index (χ1v) is 6.68. The minimum absolute atomic E-state index is 0.0446. The summed E-state index contributed by atoms with van der Waals surface area (Å²) in [6.45, 7) is 0. The summed E-state index contributed by atoms with van der Waals surface area (Å²) < 4.78 is 38.2. The summed E-state index contributed by atoms with van der Waals surface area (Å²) in [6, 6.07) is 4.45. The van der Waals surface area contributed by atoms with E-state index in [1.807, 2.05) is 0 Å². The molecular formula is C14H8Cl2F3NO2. The van der Waals surface area contributed by atoms with Gasteiger partial charge in [-0.3, -0.25) is 9.78 Å². The van der Waals surface area contributed by atoms with Crippen molar-refractivity contribution in [2.75, 3.05) is 0 Å². The van der Waals surface area contributed by atoms with Crippen molar-refractivity contribution in [1.82, 2.24) is 4.98 Å². The summed E-state index contributed by atoms with van der Waals surface area (Å²) in [4.78, 5) is 14.7. The lowest BCUT2D eigenvalue weighted by Crippen LogP contribution is -2.05. The van der Waals surface area contributed by atoms with Crippen LogP contribution < -0.4 is 0 Å². The maximum atomic E-state index is 12.7. The number of aliphatic carboxylic acids is 1. The first-order valence-electron chi connectivity index (χ1n) is 5.92. The van der Waals surface area contributed by atoms with E-state index in [4.69, 9.17) is 28.3 Å². The van der Waals surface area contributed by atoms with Gasteiger partial charge in [0.15, 0.2) is 0 Å². The van der Waals surface area contributed by atoms with Crippen molar-refractivity contribution in [2.45, 2.75) is 12.6 Å². The van der Waals surface area contributed by atoms with Crippen molar-refractivity contribution in [3.8, 4) is 11.3 Å². The van der Waals surface area contributed by atoms with E-state index in [9.17, 15) is 18.0 Å². The highest BCUT2D eigenvalue weighted by atomic mass is 35.5. The van der Waals surface area contributed by atoms with Crippen LogP contribution >= 0.6 is 23.2 Å². The number of nitrogens with zero attached hydrogens (tertiary/aromatic N) is 1. The Labute approximate surface area is 133 Å². The van der Waals surface area contributed by atoms with E-state index < -0.39 is 24.1 Å². The van der Waals surface area contributed by atoms with Gasteiger partial charge in [0.2, 0.25) is 0 Å².